The Kier molecular flexibility index (Phi) is 6.93. The Bertz CT molecular complexity index is 520. The van der Waals surface area contributed by atoms with E-state index in [1.165, 1.54) is 0 Å². The SMILES string of the molecule is O=C(OOC(=O)C(F)(F)C(F)(F)C(F)(Cl)Cl)C(F)(F)C(F)(F)C(F)(Cl)Cl. The highest BCUT2D eigenvalue weighted by Gasteiger charge is 2.76. The lowest BCUT2D eigenvalue weighted by atomic mass is 10.2. The molecule has 0 spiro atoms. The van der Waals surface area contributed by atoms with Crippen molar-refractivity contribution < 1.29 is 63.3 Å². The molecule has 0 aliphatic carbocycles. The summed E-state index contributed by atoms with van der Waals surface area (Å²) in [5, 5.41) is 0. The first-order valence-electron chi connectivity index (χ1n) is 5.13. The molecule has 0 aromatic heterocycles. The molecule has 0 amide bonds. The maximum absolute atomic E-state index is 13.0. The molecule has 4 nitrogen and oxygen atoms in total. The molecule has 18 heteroatoms. The average Bonchev–Trinajstić information content (AvgIpc) is 2.40. The first-order valence-corrected chi connectivity index (χ1v) is 6.64. The Morgan fingerprint density at radius 3 is 0.885 bits per heavy atom. The molecule has 26 heavy (non-hydrogen) atoms. The molecule has 0 rings (SSSR count). The van der Waals surface area contributed by atoms with Gasteiger partial charge in [0, 0.05) is 0 Å². The lowest BCUT2D eigenvalue weighted by Crippen LogP contribution is -2.57. The van der Waals surface area contributed by atoms with Gasteiger partial charge in [-0.05, 0) is 0 Å². The fourth-order valence-corrected chi connectivity index (χ4v) is 1.27. The highest BCUT2D eigenvalue weighted by atomic mass is 35.5. The number of hydrogen-bond acceptors (Lipinski definition) is 4. The number of alkyl halides is 14. The van der Waals surface area contributed by atoms with Gasteiger partial charge in [-0.15, -0.1) is 0 Å². The number of halogens is 14. The van der Waals surface area contributed by atoms with E-state index in [1.807, 2.05) is 0 Å². The van der Waals surface area contributed by atoms with Crippen LogP contribution in [0.1, 0.15) is 0 Å². The van der Waals surface area contributed by atoms with Crippen LogP contribution in [0.15, 0.2) is 0 Å². The number of rotatable bonds is 6. The normalized spacial score (nSPS) is 14.8. The third-order valence-electron chi connectivity index (χ3n) is 2.21. The summed E-state index contributed by atoms with van der Waals surface area (Å²) in [6, 6.07) is 0. The van der Waals surface area contributed by atoms with E-state index in [9.17, 15) is 53.5 Å². The second-order valence-electron chi connectivity index (χ2n) is 4.03. The van der Waals surface area contributed by atoms with E-state index < -0.39 is 44.8 Å². The van der Waals surface area contributed by atoms with Gasteiger partial charge in [-0.1, -0.05) is 46.4 Å². The van der Waals surface area contributed by atoms with Gasteiger partial charge < -0.3 is 0 Å². The van der Waals surface area contributed by atoms with Crippen LogP contribution < -0.4 is 0 Å². The van der Waals surface area contributed by atoms with E-state index in [-0.39, 0.29) is 0 Å². The molecule has 0 N–H and O–H groups in total. The van der Waals surface area contributed by atoms with E-state index in [4.69, 9.17) is 0 Å². The van der Waals surface area contributed by atoms with Crippen molar-refractivity contribution in [2.75, 3.05) is 0 Å². The van der Waals surface area contributed by atoms with Crippen molar-refractivity contribution in [2.24, 2.45) is 0 Å². The Labute approximate surface area is 155 Å². The molecule has 0 unspecified atom stereocenters. The maximum Gasteiger partial charge on any atom is 0.431 e. The van der Waals surface area contributed by atoms with Crippen molar-refractivity contribution in [2.45, 2.75) is 32.9 Å². The van der Waals surface area contributed by atoms with E-state index in [2.05, 4.69) is 56.2 Å². The fraction of sp³-hybridized carbons (Fsp3) is 0.750. The van der Waals surface area contributed by atoms with Gasteiger partial charge in [0.25, 0.3) is 0 Å². The maximum atomic E-state index is 13.0. The summed E-state index contributed by atoms with van der Waals surface area (Å²) >= 11 is 16.2. The topological polar surface area (TPSA) is 52.6 Å². The quantitative estimate of drug-likeness (QED) is 0.233. The third-order valence-corrected chi connectivity index (χ3v) is 3.16. The van der Waals surface area contributed by atoms with E-state index >= 15 is 0 Å². The van der Waals surface area contributed by atoms with Crippen molar-refractivity contribution in [3.05, 3.63) is 0 Å². The van der Waals surface area contributed by atoms with Gasteiger partial charge in [0.1, 0.15) is 0 Å². The Hall–Kier alpha value is -0.600. The number of carbonyl (C=O) groups is 2. The fourth-order valence-electron chi connectivity index (χ4n) is 0.793. The summed E-state index contributed by atoms with van der Waals surface area (Å²) in [4.78, 5) is 26.4. The molecule has 0 atom stereocenters. The highest BCUT2D eigenvalue weighted by Crippen LogP contribution is 2.51. The Morgan fingerprint density at radius 2 is 0.731 bits per heavy atom. The predicted octanol–water partition coefficient (Wildman–Crippen LogP) is 4.73. The highest BCUT2D eigenvalue weighted by molar-refractivity contribution is 6.48. The molecular weight excluding hydrogens is 492 g/mol. The first-order chi connectivity index (χ1) is 11.0. The van der Waals surface area contributed by atoms with E-state index in [1.54, 1.807) is 0 Å². The molecule has 0 aliphatic heterocycles. The molecule has 0 aliphatic rings. The van der Waals surface area contributed by atoms with Crippen molar-refractivity contribution in [1.29, 1.82) is 0 Å². The van der Waals surface area contributed by atoms with Crippen LogP contribution in [0, 0.1) is 0 Å². The molecular formula is C8Cl4F10O4. The minimum atomic E-state index is -6.36. The van der Waals surface area contributed by atoms with Gasteiger partial charge in [-0.3, -0.25) is 0 Å². The zero-order valence-corrected chi connectivity index (χ0v) is 13.9. The molecule has 154 valence electrons. The monoisotopic (exact) mass is 490 g/mol. The van der Waals surface area contributed by atoms with Crippen LogP contribution >= 0.6 is 46.4 Å². The van der Waals surface area contributed by atoms with Crippen molar-refractivity contribution in [3.8, 4) is 0 Å². The largest absolute Gasteiger partial charge is 0.431 e. The second-order valence-corrected chi connectivity index (χ2v) is 6.50. The summed E-state index contributed by atoms with van der Waals surface area (Å²) in [5.74, 6) is -32.8. The van der Waals surface area contributed by atoms with Gasteiger partial charge in [0.05, 0.1) is 0 Å². The summed E-state index contributed by atoms with van der Waals surface area (Å²) in [6.45, 7) is 0. The van der Waals surface area contributed by atoms with Crippen LogP contribution in [0.4, 0.5) is 43.9 Å². The van der Waals surface area contributed by atoms with Crippen LogP contribution in [0.3, 0.4) is 0 Å². The predicted molar refractivity (Wildman–Crippen MR) is 63.1 cm³/mol. The van der Waals surface area contributed by atoms with E-state index in [0.29, 0.717) is 0 Å². The zero-order chi connectivity index (χ0) is 21.6. The minimum absolute atomic E-state index is 2.52. The van der Waals surface area contributed by atoms with E-state index in [0.717, 1.165) is 0 Å². The summed E-state index contributed by atoms with van der Waals surface area (Å²) in [7, 11) is 0. The molecule has 0 radical (unpaired) electrons. The van der Waals surface area contributed by atoms with Gasteiger partial charge in [-0.2, -0.15) is 35.1 Å². The van der Waals surface area contributed by atoms with Crippen LogP contribution in [0.5, 0.6) is 0 Å². The first kappa shape index (κ1) is 25.4. The molecule has 0 saturated heterocycles. The van der Waals surface area contributed by atoms with Crippen molar-refractivity contribution in [1.82, 2.24) is 0 Å². The lowest BCUT2D eigenvalue weighted by Gasteiger charge is -2.29. The molecule has 0 aromatic rings. The Morgan fingerprint density at radius 1 is 0.538 bits per heavy atom. The summed E-state index contributed by atoms with van der Waals surface area (Å²) < 4.78 is 118. The van der Waals surface area contributed by atoms with Crippen molar-refractivity contribution >= 4 is 58.3 Å². The van der Waals surface area contributed by atoms with Crippen LogP contribution in [0.25, 0.3) is 0 Å². The number of hydrogen-bond donors (Lipinski definition) is 0. The molecule has 0 fully saturated rings. The molecule has 0 bridgehead atoms. The number of carbonyl (C=O) groups excluding carboxylic acids is 2. The van der Waals surface area contributed by atoms with Crippen LogP contribution in [-0.2, 0) is 19.4 Å². The lowest BCUT2D eigenvalue weighted by molar-refractivity contribution is -0.318. The third kappa shape index (κ3) is 4.28. The second kappa shape index (κ2) is 7.09. The van der Waals surface area contributed by atoms with Gasteiger partial charge >= 0.3 is 44.8 Å². The smallest absolute Gasteiger partial charge is 0.240 e. The standard InChI is InChI=1S/C8Cl4F10O4/c9-7(10,21)5(17,18)3(13,14)1(23)25-26-2(24)4(15,16)6(19,20)8(11,12)22. The van der Waals surface area contributed by atoms with Crippen LogP contribution in [-0.4, -0.2) is 44.8 Å². The van der Waals surface area contributed by atoms with Gasteiger partial charge in [0.15, 0.2) is 0 Å². The minimum Gasteiger partial charge on any atom is -0.240 e. The molecule has 0 saturated carbocycles. The zero-order valence-electron chi connectivity index (χ0n) is 10.9. The van der Waals surface area contributed by atoms with Crippen molar-refractivity contribution in [3.63, 3.8) is 0 Å². The van der Waals surface area contributed by atoms with Crippen LogP contribution in [0.2, 0.25) is 0 Å². The van der Waals surface area contributed by atoms with Gasteiger partial charge in [-0.25, -0.2) is 28.1 Å². The van der Waals surface area contributed by atoms with Gasteiger partial charge in [0.2, 0.25) is 0 Å². The molecule has 0 heterocycles. The summed E-state index contributed by atoms with van der Waals surface area (Å²) in [5.41, 5.74) is 0. The molecule has 0 aromatic carbocycles. The average molecular weight is 492 g/mol. The summed E-state index contributed by atoms with van der Waals surface area (Å²) in [6.07, 6.45) is 0. The Balaban J connectivity index is 5.38.